The summed E-state index contributed by atoms with van der Waals surface area (Å²) in [5.41, 5.74) is 0.916. The van der Waals surface area contributed by atoms with Gasteiger partial charge in [0.05, 0.1) is 17.3 Å². The van der Waals surface area contributed by atoms with Crippen molar-refractivity contribution in [2.75, 3.05) is 25.3 Å². The number of hydrogen-bond acceptors (Lipinski definition) is 6. The van der Waals surface area contributed by atoms with Crippen LogP contribution in [-0.2, 0) is 4.79 Å². The van der Waals surface area contributed by atoms with Crippen LogP contribution in [0.2, 0.25) is 0 Å². The Morgan fingerprint density at radius 2 is 2.04 bits per heavy atom. The second-order valence-corrected chi connectivity index (χ2v) is 6.72. The number of ether oxygens (including phenoxy) is 2. The van der Waals surface area contributed by atoms with Crippen LogP contribution in [0.5, 0.6) is 11.5 Å². The van der Waals surface area contributed by atoms with Crippen LogP contribution in [0, 0.1) is 0 Å². The first kappa shape index (κ1) is 16.6. The monoisotopic (exact) mass is 360 g/mol. The van der Waals surface area contributed by atoms with Crippen molar-refractivity contribution < 1.29 is 14.3 Å². The van der Waals surface area contributed by atoms with Gasteiger partial charge < -0.3 is 9.47 Å². The number of hydrogen-bond donors (Lipinski definition) is 1. The average molecular weight is 360 g/mol. The molecule has 0 atom stereocenters. The summed E-state index contributed by atoms with van der Waals surface area (Å²) in [5, 5.41) is 3.36. The van der Waals surface area contributed by atoms with Gasteiger partial charge in [-0.15, -0.1) is 11.8 Å². The number of benzene rings is 2. The highest BCUT2D eigenvalue weighted by molar-refractivity contribution is 7.98. The van der Waals surface area contributed by atoms with Gasteiger partial charge in [-0.3, -0.25) is 10.1 Å². The molecule has 0 saturated carbocycles. The van der Waals surface area contributed by atoms with Crippen LogP contribution in [0.15, 0.2) is 47.4 Å². The highest BCUT2D eigenvalue weighted by Crippen LogP contribution is 2.32. The molecule has 0 bridgehead atoms. The lowest BCUT2D eigenvalue weighted by Crippen LogP contribution is -2.20. The van der Waals surface area contributed by atoms with Crippen LogP contribution in [0.25, 0.3) is 10.2 Å². The molecule has 124 valence electrons. The Balaban J connectivity index is 1.64. The van der Waals surface area contributed by atoms with Gasteiger partial charge in [0.1, 0.15) is 11.5 Å². The molecule has 0 radical (unpaired) electrons. The van der Waals surface area contributed by atoms with Crippen molar-refractivity contribution in [2.45, 2.75) is 4.90 Å². The molecule has 3 rings (SSSR count). The lowest BCUT2D eigenvalue weighted by atomic mass is 10.3. The number of nitrogens with zero attached hydrogens (tertiary/aromatic N) is 1. The molecule has 2 aromatic carbocycles. The summed E-state index contributed by atoms with van der Waals surface area (Å²) in [6, 6.07) is 13.1. The Kier molecular flexibility index (Phi) is 5.22. The van der Waals surface area contributed by atoms with E-state index < -0.39 is 0 Å². The van der Waals surface area contributed by atoms with Gasteiger partial charge >= 0.3 is 0 Å². The molecule has 1 heterocycles. The molecule has 1 amide bonds. The molecule has 1 aromatic heterocycles. The zero-order valence-electron chi connectivity index (χ0n) is 13.2. The third-order valence-electron chi connectivity index (χ3n) is 3.26. The predicted molar refractivity (Wildman–Crippen MR) is 98.5 cm³/mol. The van der Waals surface area contributed by atoms with E-state index in [1.165, 1.54) is 11.3 Å². The minimum absolute atomic E-state index is 0.0848. The molecule has 0 saturated heterocycles. The van der Waals surface area contributed by atoms with Crippen LogP contribution in [0.1, 0.15) is 0 Å². The molecule has 0 unspecified atom stereocenters. The summed E-state index contributed by atoms with van der Waals surface area (Å²) < 4.78 is 11.7. The Labute approximate surface area is 148 Å². The zero-order valence-corrected chi connectivity index (χ0v) is 14.9. The number of nitrogens with one attached hydrogen (secondary N) is 1. The van der Waals surface area contributed by atoms with Gasteiger partial charge in [0, 0.05) is 11.0 Å². The summed E-state index contributed by atoms with van der Waals surface area (Å²) in [5.74, 6) is 1.02. The second kappa shape index (κ2) is 7.55. The fraction of sp³-hybridized carbons (Fsp3) is 0.176. The molecule has 1 N–H and O–H groups in total. The molecule has 7 heteroatoms. The first-order chi connectivity index (χ1) is 11.7. The van der Waals surface area contributed by atoms with E-state index in [0.29, 0.717) is 16.6 Å². The summed E-state index contributed by atoms with van der Waals surface area (Å²) in [6.45, 7) is -0.0848. The molecular formula is C17H16N2O3S2. The molecule has 3 aromatic rings. The molecule has 0 spiro atoms. The van der Waals surface area contributed by atoms with Crippen molar-refractivity contribution in [3.63, 3.8) is 0 Å². The maximum absolute atomic E-state index is 12.1. The fourth-order valence-corrected chi connectivity index (χ4v) is 3.67. The third-order valence-corrected chi connectivity index (χ3v) is 4.96. The zero-order chi connectivity index (χ0) is 16.9. The number of aromatic nitrogens is 1. The number of rotatable bonds is 6. The lowest BCUT2D eigenvalue weighted by molar-refractivity contribution is -0.118. The van der Waals surface area contributed by atoms with Crippen LogP contribution in [0.4, 0.5) is 5.13 Å². The van der Waals surface area contributed by atoms with Crippen LogP contribution in [-0.4, -0.2) is 30.9 Å². The van der Waals surface area contributed by atoms with Crippen molar-refractivity contribution in [3.05, 3.63) is 42.5 Å². The van der Waals surface area contributed by atoms with Gasteiger partial charge in [-0.05, 0) is 30.5 Å². The quantitative estimate of drug-likeness (QED) is 0.672. The van der Waals surface area contributed by atoms with E-state index in [4.69, 9.17) is 9.47 Å². The largest absolute Gasteiger partial charge is 0.497 e. The van der Waals surface area contributed by atoms with E-state index in [1.54, 1.807) is 31.0 Å². The normalized spacial score (nSPS) is 10.6. The maximum atomic E-state index is 12.1. The molecular weight excluding hydrogens is 344 g/mol. The van der Waals surface area contributed by atoms with Gasteiger partial charge in [-0.2, -0.15) is 0 Å². The Hall–Kier alpha value is -2.25. The summed E-state index contributed by atoms with van der Waals surface area (Å²) in [4.78, 5) is 17.7. The highest BCUT2D eigenvalue weighted by atomic mass is 32.2. The van der Waals surface area contributed by atoms with Crippen molar-refractivity contribution >= 4 is 44.4 Å². The number of thioether (sulfide) groups is 1. The van der Waals surface area contributed by atoms with Crippen molar-refractivity contribution in [2.24, 2.45) is 0 Å². The minimum atomic E-state index is -0.248. The molecule has 0 fully saturated rings. The van der Waals surface area contributed by atoms with E-state index in [9.17, 15) is 4.79 Å². The molecule has 24 heavy (non-hydrogen) atoms. The number of thiazole rings is 1. The van der Waals surface area contributed by atoms with Crippen molar-refractivity contribution in [1.82, 2.24) is 4.98 Å². The SMILES string of the molecule is COc1cccc(OCC(=O)Nc2nc3c(SC)cccc3s2)c1. The van der Waals surface area contributed by atoms with Crippen LogP contribution in [0.3, 0.4) is 0 Å². The lowest BCUT2D eigenvalue weighted by Gasteiger charge is -2.07. The Bertz CT molecular complexity index is 864. The number of amides is 1. The maximum Gasteiger partial charge on any atom is 0.264 e. The smallest absolute Gasteiger partial charge is 0.264 e. The van der Waals surface area contributed by atoms with E-state index in [2.05, 4.69) is 10.3 Å². The molecule has 0 aliphatic rings. The van der Waals surface area contributed by atoms with Crippen LogP contribution < -0.4 is 14.8 Å². The predicted octanol–water partition coefficient (Wildman–Crippen LogP) is 4.04. The number of carbonyl (C=O) groups excluding carboxylic acids is 1. The van der Waals surface area contributed by atoms with Crippen LogP contribution >= 0.6 is 23.1 Å². The standard InChI is InChI=1S/C17H16N2O3S2/c1-21-11-5-3-6-12(9-11)22-10-15(20)18-17-19-16-13(23-2)7-4-8-14(16)24-17/h3-9H,10H2,1-2H3,(H,18,19,20). The minimum Gasteiger partial charge on any atom is -0.497 e. The summed E-state index contributed by atoms with van der Waals surface area (Å²) in [6.07, 6.45) is 2.01. The van der Waals surface area contributed by atoms with Gasteiger partial charge in [0.2, 0.25) is 0 Å². The number of fused-ring (bicyclic) bond motifs is 1. The van der Waals surface area contributed by atoms with Crippen molar-refractivity contribution in [3.8, 4) is 11.5 Å². The average Bonchev–Trinajstić information content (AvgIpc) is 3.02. The summed E-state index contributed by atoms with van der Waals surface area (Å²) >= 11 is 3.09. The Morgan fingerprint density at radius 1 is 1.25 bits per heavy atom. The number of anilines is 1. The van der Waals surface area contributed by atoms with Crippen molar-refractivity contribution in [1.29, 1.82) is 0 Å². The van der Waals surface area contributed by atoms with E-state index >= 15 is 0 Å². The van der Waals surface area contributed by atoms with E-state index in [-0.39, 0.29) is 12.5 Å². The number of para-hydroxylation sites is 1. The molecule has 0 aliphatic carbocycles. The molecule has 5 nitrogen and oxygen atoms in total. The fourth-order valence-electron chi connectivity index (χ4n) is 2.14. The first-order valence-electron chi connectivity index (χ1n) is 7.20. The van der Waals surface area contributed by atoms with E-state index in [0.717, 1.165) is 15.1 Å². The number of methoxy groups -OCH3 is 1. The molecule has 0 aliphatic heterocycles. The third kappa shape index (κ3) is 3.80. The van der Waals surface area contributed by atoms with Gasteiger partial charge in [0.25, 0.3) is 5.91 Å². The highest BCUT2D eigenvalue weighted by Gasteiger charge is 2.11. The van der Waals surface area contributed by atoms with E-state index in [1.807, 2.05) is 36.6 Å². The topological polar surface area (TPSA) is 60.5 Å². The second-order valence-electron chi connectivity index (χ2n) is 4.84. The van der Waals surface area contributed by atoms with Gasteiger partial charge in [-0.1, -0.05) is 23.5 Å². The van der Waals surface area contributed by atoms with Gasteiger partial charge in [0.15, 0.2) is 11.7 Å². The first-order valence-corrected chi connectivity index (χ1v) is 9.24. The number of carbonyl (C=O) groups is 1. The Morgan fingerprint density at radius 3 is 2.83 bits per heavy atom. The summed E-state index contributed by atoms with van der Waals surface area (Å²) in [7, 11) is 1.59. The van der Waals surface area contributed by atoms with Gasteiger partial charge in [-0.25, -0.2) is 4.98 Å².